The monoisotopic (exact) mass is 193 g/mol. The molecule has 3 heteroatoms. The first-order chi connectivity index (χ1) is 6.65. The van der Waals surface area contributed by atoms with Crippen molar-refractivity contribution >= 4 is 11.8 Å². The van der Waals surface area contributed by atoms with Crippen LogP contribution in [-0.4, -0.2) is 6.08 Å². The zero-order valence-corrected chi connectivity index (χ0v) is 8.20. The molecule has 2 nitrogen and oxygen atoms in total. The van der Waals surface area contributed by atoms with Crippen molar-refractivity contribution in [3.63, 3.8) is 0 Å². The zero-order chi connectivity index (χ0) is 10.6. The van der Waals surface area contributed by atoms with Crippen molar-refractivity contribution in [1.29, 1.82) is 0 Å². The second kappa shape index (κ2) is 4.68. The van der Waals surface area contributed by atoms with E-state index in [1.807, 2.05) is 13.8 Å². The number of rotatable bonds is 3. The maximum atomic E-state index is 13.5. The van der Waals surface area contributed by atoms with Crippen molar-refractivity contribution in [3.05, 3.63) is 29.8 Å². The number of alkyl halides is 1. The third-order valence-corrected chi connectivity index (χ3v) is 1.97. The number of hydrogen-bond donors (Lipinski definition) is 0. The Morgan fingerprint density at radius 3 is 2.29 bits per heavy atom. The topological polar surface area (TPSA) is 29.4 Å². The summed E-state index contributed by atoms with van der Waals surface area (Å²) in [6, 6.07) is 6.49. The summed E-state index contributed by atoms with van der Waals surface area (Å²) in [5.41, 5.74) is 1.12. The van der Waals surface area contributed by atoms with Crippen molar-refractivity contribution in [1.82, 2.24) is 0 Å². The number of aliphatic imine (C=N–C) groups is 1. The highest BCUT2D eigenvalue weighted by atomic mass is 19.1. The summed E-state index contributed by atoms with van der Waals surface area (Å²) in [5, 5.41) is 0. The molecule has 0 heterocycles. The maximum absolute atomic E-state index is 13.5. The molecular formula is C11H12FNO. The smallest absolute Gasteiger partial charge is 0.240 e. The van der Waals surface area contributed by atoms with Crippen LogP contribution in [0.15, 0.2) is 29.3 Å². The fourth-order valence-corrected chi connectivity index (χ4v) is 1.17. The van der Waals surface area contributed by atoms with E-state index in [9.17, 15) is 9.18 Å². The van der Waals surface area contributed by atoms with Crippen LogP contribution in [0.25, 0.3) is 0 Å². The first kappa shape index (κ1) is 10.6. The minimum Gasteiger partial charge on any atom is -0.242 e. The van der Waals surface area contributed by atoms with E-state index in [4.69, 9.17) is 0 Å². The molecule has 0 saturated heterocycles. The van der Waals surface area contributed by atoms with Gasteiger partial charge in [-0.05, 0) is 23.6 Å². The molecule has 1 rings (SSSR count). The molecule has 0 spiro atoms. The first-order valence-electron chi connectivity index (χ1n) is 4.47. The van der Waals surface area contributed by atoms with E-state index in [1.165, 1.54) is 6.08 Å². The van der Waals surface area contributed by atoms with Crippen molar-refractivity contribution in [3.8, 4) is 0 Å². The largest absolute Gasteiger partial charge is 0.242 e. The average molecular weight is 193 g/mol. The Hall–Kier alpha value is -1.47. The van der Waals surface area contributed by atoms with E-state index in [1.54, 1.807) is 24.3 Å². The van der Waals surface area contributed by atoms with Crippen LogP contribution in [0.1, 0.15) is 25.6 Å². The van der Waals surface area contributed by atoms with Gasteiger partial charge in [-0.1, -0.05) is 26.0 Å². The van der Waals surface area contributed by atoms with Crippen LogP contribution in [0, 0.1) is 5.92 Å². The lowest BCUT2D eigenvalue weighted by Crippen LogP contribution is -1.99. The van der Waals surface area contributed by atoms with Gasteiger partial charge in [0.2, 0.25) is 6.08 Å². The van der Waals surface area contributed by atoms with Gasteiger partial charge in [-0.2, -0.15) is 4.99 Å². The van der Waals surface area contributed by atoms with Crippen LogP contribution in [-0.2, 0) is 4.79 Å². The van der Waals surface area contributed by atoms with Crippen molar-refractivity contribution in [2.75, 3.05) is 0 Å². The van der Waals surface area contributed by atoms with Gasteiger partial charge < -0.3 is 0 Å². The number of halogens is 1. The third kappa shape index (κ3) is 2.51. The fraction of sp³-hybridized carbons (Fsp3) is 0.364. The molecule has 1 aromatic carbocycles. The zero-order valence-electron chi connectivity index (χ0n) is 8.20. The Kier molecular flexibility index (Phi) is 3.55. The molecule has 0 aliphatic rings. The third-order valence-electron chi connectivity index (χ3n) is 1.97. The molecule has 0 aliphatic heterocycles. The van der Waals surface area contributed by atoms with E-state index in [0.29, 0.717) is 11.3 Å². The second-order valence-corrected chi connectivity index (χ2v) is 3.44. The standard InChI is InChI=1S/C11H12FNO/c1-8(2)11(12)9-3-5-10(6-4-9)13-7-14/h3-6,8,11H,1-2H3. The van der Waals surface area contributed by atoms with Gasteiger partial charge in [-0.3, -0.25) is 0 Å². The molecular weight excluding hydrogens is 181 g/mol. The van der Waals surface area contributed by atoms with Crippen LogP contribution in [0.3, 0.4) is 0 Å². The van der Waals surface area contributed by atoms with Crippen molar-refractivity contribution in [2.24, 2.45) is 10.9 Å². The SMILES string of the molecule is CC(C)C(F)c1ccc(N=C=O)cc1. The van der Waals surface area contributed by atoms with Crippen LogP contribution in [0.5, 0.6) is 0 Å². The normalized spacial score (nSPS) is 12.3. The highest BCUT2D eigenvalue weighted by molar-refractivity contribution is 5.49. The lowest BCUT2D eigenvalue weighted by molar-refractivity contribution is 0.262. The predicted octanol–water partition coefficient (Wildman–Crippen LogP) is 3.32. The summed E-state index contributed by atoms with van der Waals surface area (Å²) in [6.07, 6.45) is 0.468. The second-order valence-electron chi connectivity index (χ2n) is 3.44. The number of hydrogen-bond acceptors (Lipinski definition) is 2. The Bertz CT molecular complexity index is 339. The summed E-state index contributed by atoms with van der Waals surface area (Å²) in [4.78, 5) is 13.4. The van der Waals surface area contributed by atoms with Crippen LogP contribution in [0.4, 0.5) is 10.1 Å². The average Bonchev–Trinajstić information content (AvgIpc) is 2.18. The highest BCUT2D eigenvalue weighted by Crippen LogP contribution is 2.26. The van der Waals surface area contributed by atoms with Crippen LogP contribution >= 0.6 is 0 Å². The van der Waals surface area contributed by atoms with Crippen LogP contribution in [0.2, 0.25) is 0 Å². The molecule has 74 valence electrons. The Labute approximate surface area is 82.5 Å². The van der Waals surface area contributed by atoms with Gasteiger partial charge in [0, 0.05) is 0 Å². The lowest BCUT2D eigenvalue weighted by atomic mass is 10.0. The molecule has 0 radical (unpaired) electrons. The fourth-order valence-electron chi connectivity index (χ4n) is 1.17. The van der Waals surface area contributed by atoms with Crippen molar-refractivity contribution in [2.45, 2.75) is 20.0 Å². The van der Waals surface area contributed by atoms with Crippen molar-refractivity contribution < 1.29 is 9.18 Å². The Morgan fingerprint density at radius 1 is 1.29 bits per heavy atom. The number of nitrogens with zero attached hydrogens (tertiary/aromatic N) is 1. The lowest BCUT2D eigenvalue weighted by Gasteiger charge is -2.11. The summed E-state index contributed by atoms with van der Waals surface area (Å²) in [7, 11) is 0. The van der Waals surface area contributed by atoms with E-state index in [-0.39, 0.29) is 5.92 Å². The molecule has 1 atom stereocenters. The van der Waals surface area contributed by atoms with Gasteiger partial charge in [0.15, 0.2) is 0 Å². The molecule has 0 fully saturated rings. The van der Waals surface area contributed by atoms with Gasteiger partial charge in [0.1, 0.15) is 6.17 Å². The van der Waals surface area contributed by atoms with E-state index in [2.05, 4.69) is 4.99 Å². The molecule has 1 aromatic rings. The molecule has 0 bridgehead atoms. The quantitative estimate of drug-likeness (QED) is 0.534. The highest BCUT2D eigenvalue weighted by Gasteiger charge is 2.13. The minimum absolute atomic E-state index is 0.0459. The molecule has 0 aromatic heterocycles. The maximum Gasteiger partial charge on any atom is 0.240 e. The summed E-state index contributed by atoms with van der Waals surface area (Å²) >= 11 is 0. The van der Waals surface area contributed by atoms with Gasteiger partial charge >= 0.3 is 0 Å². The summed E-state index contributed by atoms with van der Waals surface area (Å²) < 4.78 is 13.5. The van der Waals surface area contributed by atoms with Gasteiger partial charge in [0.25, 0.3) is 0 Å². The molecule has 0 aliphatic carbocycles. The number of carbonyl (C=O) groups excluding carboxylic acids is 1. The molecule has 1 unspecified atom stereocenters. The van der Waals surface area contributed by atoms with Gasteiger partial charge in [0.05, 0.1) is 5.69 Å². The van der Waals surface area contributed by atoms with Crippen LogP contribution < -0.4 is 0 Å². The van der Waals surface area contributed by atoms with Gasteiger partial charge in [-0.25, -0.2) is 9.18 Å². The minimum atomic E-state index is -0.968. The predicted molar refractivity (Wildman–Crippen MR) is 52.9 cm³/mol. The summed E-state index contributed by atoms with van der Waals surface area (Å²) in [5.74, 6) is -0.0459. The number of isocyanates is 1. The number of benzene rings is 1. The van der Waals surface area contributed by atoms with Gasteiger partial charge in [-0.15, -0.1) is 0 Å². The molecule has 0 saturated carbocycles. The van der Waals surface area contributed by atoms with E-state index in [0.717, 1.165) is 0 Å². The first-order valence-corrected chi connectivity index (χ1v) is 4.47. The Balaban J connectivity index is 2.87. The molecule has 0 N–H and O–H groups in total. The van der Waals surface area contributed by atoms with E-state index < -0.39 is 6.17 Å². The molecule has 14 heavy (non-hydrogen) atoms. The Morgan fingerprint density at radius 2 is 1.86 bits per heavy atom. The molecule has 0 amide bonds. The van der Waals surface area contributed by atoms with E-state index >= 15 is 0 Å². The summed E-state index contributed by atoms with van der Waals surface area (Å²) in [6.45, 7) is 3.64.